The number of carbonyl (C=O) groups excluding carboxylic acids is 2. The van der Waals surface area contributed by atoms with Crippen molar-refractivity contribution in [2.45, 2.75) is 13.3 Å². The second-order valence-corrected chi connectivity index (χ2v) is 5.84. The molecule has 6 heteroatoms. The first-order valence-corrected chi connectivity index (χ1v) is 7.84. The number of hydrogen-bond donors (Lipinski definition) is 1. The smallest absolute Gasteiger partial charge is 0.226 e. The molecule has 0 bridgehead atoms. The Morgan fingerprint density at radius 1 is 1.13 bits per heavy atom. The van der Waals surface area contributed by atoms with Gasteiger partial charge in [-0.25, -0.2) is 4.39 Å². The Labute approximate surface area is 142 Å². The number of rotatable bonds is 5. The predicted octanol–water partition coefficient (Wildman–Crippen LogP) is 3.97. The van der Waals surface area contributed by atoms with E-state index in [1.54, 1.807) is 24.3 Å². The molecule has 0 radical (unpaired) electrons. The third-order valence-corrected chi connectivity index (χ3v) is 3.76. The van der Waals surface area contributed by atoms with Crippen molar-refractivity contribution in [3.8, 4) is 0 Å². The van der Waals surface area contributed by atoms with Gasteiger partial charge in [-0.2, -0.15) is 0 Å². The first-order chi connectivity index (χ1) is 11.0. The largest absolute Gasteiger partial charge is 0.324 e. The summed E-state index contributed by atoms with van der Waals surface area (Å²) in [7, 11) is 0. The van der Waals surface area contributed by atoms with Crippen LogP contribution in [0.5, 0.6) is 0 Å². The Hall–Kier alpha value is -2.21. The molecule has 0 spiro atoms. The molecule has 0 aromatic heterocycles. The summed E-state index contributed by atoms with van der Waals surface area (Å²) in [5.74, 6) is -0.998. The van der Waals surface area contributed by atoms with Crippen LogP contribution < -0.4 is 10.2 Å². The van der Waals surface area contributed by atoms with E-state index < -0.39 is 5.82 Å². The van der Waals surface area contributed by atoms with Gasteiger partial charge in [0.1, 0.15) is 5.82 Å². The molecule has 4 nitrogen and oxygen atoms in total. The zero-order valence-electron chi connectivity index (χ0n) is 12.6. The fraction of sp³-hybridized carbons (Fsp3) is 0.176. The third kappa shape index (κ3) is 4.89. The lowest BCUT2D eigenvalue weighted by Crippen LogP contribution is -2.32. The summed E-state index contributed by atoms with van der Waals surface area (Å²) in [6.07, 6.45) is 0.0734. The van der Waals surface area contributed by atoms with Crippen molar-refractivity contribution in [2.24, 2.45) is 0 Å². The van der Waals surface area contributed by atoms with Gasteiger partial charge in [0.05, 0.1) is 5.69 Å². The van der Waals surface area contributed by atoms with Crippen LogP contribution in [-0.4, -0.2) is 18.4 Å². The van der Waals surface area contributed by atoms with E-state index in [4.69, 9.17) is 0 Å². The van der Waals surface area contributed by atoms with E-state index in [1.807, 2.05) is 12.1 Å². The van der Waals surface area contributed by atoms with Crippen molar-refractivity contribution in [2.75, 3.05) is 16.8 Å². The van der Waals surface area contributed by atoms with Gasteiger partial charge < -0.3 is 10.2 Å². The molecule has 0 saturated heterocycles. The molecule has 0 fully saturated rings. The summed E-state index contributed by atoms with van der Waals surface area (Å²) in [6, 6.07) is 13.2. The van der Waals surface area contributed by atoms with Crippen LogP contribution in [-0.2, 0) is 9.59 Å². The van der Waals surface area contributed by atoms with Crippen LogP contribution in [0.15, 0.2) is 53.0 Å². The average molecular weight is 379 g/mol. The highest BCUT2D eigenvalue weighted by Crippen LogP contribution is 2.19. The van der Waals surface area contributed by atoms with Gasteiger partial charge in [0.2, 0.25) is 11.8 Å². The number of carbonyl (C=O) groups is 2. The zero-order chi connectivity index (χ0) is 16.8. The molecule has 0 unspecified atom stereocenters. The van der Waals surface area contributed by atoms with Crippen LogP contribution in [0, 0.1) is 5.82 Å². The molecule has 2 rings (SSSR count). The Morgan fingerprint density at radius 3 is 2.39 bits per heavy atom. The number of nitrogens with one attached hydrogen (secondary N) is 1. The van der Waals surface area contributed by atoms with Crippen LogP contribution in [0.3, 0.4) is 0 Å². The Kier molecular flexibility index (Phi) is 5.87. The minimum atomic E-state index is -0.489. The van der Waals surface area contributed by atoms with Crippen molar-refractivity contribution in [3.63, 3.8) is 0 Å². The Balaban J connectivity index is 1.99. The summed E-state index contributed by atoms with van der Waals surface area (Å²) >= 11 is 3.33. The quantitative estimate of drug-likeness (QED) is 0.855. The SMILES string of the molecule is CC(=O)N(CCC(=O)Nc1ccccc1F)c1ccc(Br)cc1. The summed E-state index contributed by atoms with van der Waals surface area (Å²) in [5.41, 5.74) is 0.843. The summed E-state index contributed by atoms with van der Waals surface area (Å²) in [5, 5.41) is 2.51. The Morgan fingerprint density at radius 2 is 1.78 bits per heavy atom. The number of amides is 2. The second kappa shape index (κ2) is 7.87. The van der Waals surface area contributed by atoms with E-state index in [1.165, 1.54) is 24.0 Å². The number of hydrogen-bond acceptors (Lipinski definition) is 2. The number of benzene rings is 2. The monoisotopic (exact) mass is 378 g/mol. The summed E-state index contributed by atoms with van der Waals surface area (Å²) < 4.78 is 14.4. The molecule has 2 amide bonds. The van der Waals surface area contributed by atoms with Gasteiger partial charge in [0.25, 0.3) is 0 Å². The fourth-order valence-electron chi connectivity index (χ4n) is 2.08. The van der Waals surface area contributed by atoms with Gasteiger partial charge >= 0.3 is 0 Å². The highest BCUT2D eigenvalue weighted by molar-refractivity contribution is 9.10. The molecule has 0 aliphatic heterocycles. The van der Waals surface area contributed by atoms with E-state index in [-0.39, 0.29) is 30.5 Å². The molecule has 2 aromatic rings. The molecule has 0 aliphatic rings. The maximum atomic E-state index is 13.5. The van der Waals surface area contributed by atoms with Crippen molar-refractivity contribution in [1.29, 1.82) is 0 Å². The molecule has 0 atom stereocenters. The van der Waals surface area contributed by atoms with E-state index in [0.717, 1.165) is 4.47 Å². The lowest BCUT2D eigenvalue weighted by atomic mass is 10.2. The predicted molar refractivity (Wildman–Crippen MR) is 91.8 cm³/mol. The van der Waals surface area contributed by atoms with Crippen LogP contribution in [0.1, 0.15) is 13.3 Å². The van der Waals surface area contributed by atoms with Gasteiger partial charge in [0, 0.05) is 30.0 Å². The molecular weight excluding hydrogens is 363 g/mol. The van der Waals surface area contributed by atoms with Crippen molar-refractivity contribution in [3.05, 3.63) is 58.8 Å². The van der Waals surface area contributed by atoms with Crippen LogP contribution in [0.2, 0.25) is 0 Å². The van der Waals surface area contributed by atoms with Gasteiger partial charge in [0.15, 0.2) is 0 Å². The standard InChI is InChI=1S/C17H16BrFN2O2/c1-12(22)21(14-8-6-13(18)7-9-14)11-10-17(23)20-16-5-3-2-4-15(16)19/h2-9H,10-11H2,1H3,(H,20,23). The van der Waals surface area contributed by atoms with E-state index in [0.29, 0.717) is 5.69 Å². The van der Waals surface area contributed by atoms with Crippen LogP contribution in [0.4, 0.5) is 15.8 Å². The van der Waals surface area contributed by atoms with Gasteiger partial charge in [-0.05, 0) is 36.4 Å². The first kappa shape index (κ1) is 17.1. The fourth-order valence-corrected chi connectivity index (χ4v) is 2.34. The molecule has 0 aliphatic carbocycles. The molecule has 120 valence electrons. The zero-order valence-corrected chi connectivity index (χ0v) is 14.1. The average Bonchev–Trinajstić information content (AvgIpc) is 2.51. The van der Waals surface area contributed by atoms with Crippen molar-refractivity contribution in [1.82, 2.24) is 0 Å². The summed E-state index contributed by atoms with van der Waals surface area (Å²) in [6.45, 7) is 1.66. The van der Waals surface area contributed by atoms with Crippen LogP contribution in [0.25, 0.3) is 0 Å². The molecule has 2 aromatic carbocycles. The third-order valence-electron chi connectivity index (χ3n) is 3.23. The number of nitrogens with zero attached hydrogens (tertiary/aromatic N) is 1. The molecule has 23 heavy (non-hydrogen) atoms. The highest BCUT2D eigenvalue weighted by Gasteiger charge is 2.14. The van der Waals surface area contributed by atoms with Crippen molar-refractivity contribution < 1.29 is 14.0 Å². The van der Waals surface area contributed by atoms with E-state index in [2.05, 4.69) is 21.2 Å². The van der Waals surface area contributed by atoms with Gasteiger partial charge in [-0.15, -0.1) is 0 Å². The second-order valence-electron chi connectivity index (χ2n) is 4.93. The Bertz CT molecular complexity index is 704. The first-order valence-electron chi connectivity index (χ1n) is 7.05. The molecule has 0 heterocycles. The number of para-hydroxylation sites is 1. The number of anilines is 2. The van der Waals surface area contributed by atoms with Gasteiger partial charge in [-0.1, -0.05) is 28.1 Å². The van der Waals surface area contributed by atoms with E-state index >= 15 is 0 Å². The normalized spacial score (nSPS) is 10.2. The molecular formula is C17H16BrFN2O2. The maximum Gasteiger partial charge on any atom is 0.226 e. The van der Waals surface area contributed by atoms with E-state index in [9.17, 15) is 14.0 Å². The number of halogens is 2. The summed E-state index contributed by atoms with van der Waals surface area (Å²) in [4.78, 5) is 25.2. The highest BCUT2D eigenvalue weighted by atomic mass is 79.9. The minimum Gasteiger partial charge on any atom is -0.324 e. The minimum absolute atomic E-state index is 0.0734. The molecule has 1 N–H and O–H groups in total. The van der Waals surface area contributed by atoms with Gasteiger partial charge in [-0.3, -0.25) is 9.59 Å². The molecule has 0 saturated carbocycles. The topological polar surface area (TPSA) is 49.4 Å². The maximum absolute atomic E-state index is 13.5. The van der Waals surface area contributed by atoms with Crippen LogP contribution >= 0.6 is 15.9 Å². The van der Waals surface area contributed by atoms with Crippen molar-refractivity contribution >= 4 is 39.1 Å². The lowest BCUT2D eigenvalue weighted by Gasteiger charge is -2.21. The lowest BCUT2D eigenvalue weighted by molar-refractivity contribution is -0.117.